The van der Waals surface area contributed by atoms with Gasteiger partial charge in [-0.2, -0.15) is 0 Å². The molecule has 1 unspecified atom stereocenters. The number of rotatable bonds is 6. The fourth-order valence-electron chi connectivity index (χ4n) is 2.08. The van der Waals surface area contributed by atoms with Crippen LogP contribution < -0.4 is 10.6 Å². The molecule has 2 rings (SSSR count). The molecule has 2 amide bonds. The average molecular weight is 379 g/mol. The van der Waals surface area contributed by atoms with Crippen LogP contribution in [0.4, 0.5) is 0 Å². The Morgan fingerprint density at radius 3 is 2.24 bits per heavy atom. The van der Waals surface area contributed by atoms with Gasteiger partial charge in [0.25, 0.3) is 0 Å². The van der Waals surface area contributed by atoms with Crippen molar-refractivity contribution < 1.29 is 14.7 Å². The Kier molecular flexibility index (Phi) is 7.31. The normalized spacial score (nSPS) is 11.6. The van der Waals surface area contributed by atoms with Gasteiger partial charge in [-0.3, -0.25) is 9.59 Å². The summed E-state index contributed by atoms with van der Waals surface area (Å²) in [6, 6.07) is 14.3. The van der Waals surface area contributed by atoms with Crippen molar-refractivity contribution in [3.8, 4) is 0 Å². The van der Waals surface area contributed by atoms with E-state index in [0.717, 1.165) is 10.5 Å². The first-order chi connectivity index (χ1) is 12.0. The van der Waals surface area contributed by atoms with E-state index in [1.807, 2.05) is 18.4 Å². The second-order valence-electron chi connectivity index (χ2n) is 5.31. The van der Waals surface area contributed by atoms with Gasteiger partial charge in [0, 0.05) is 23.0 Å². The highest BCUT2D eigenvalue weighted by atomic mass is 35.5. The maximum Gasteiger partial charge on any atom is 0.309 e. The van der Waals surface area contributed by atoms with Crippen LogP contribution in [0.3, 0.4) is 0 Å². The molecule has 25 heavy (non-hydrogen) atoms. The number of carbonyl (C=O) groups is 2. The highest BCUT2D eigenvalue weighted by Gasteiger charge is 2.15. The Morgan fingerprint density at radius 1 is 1.04 bits per heavy atom. The Morgan fingerprint density at radius 2 is 1.64 bits per heavy atom. The number of aliphatic hydroxyl groups is 1. The van der Waals surface area contributed by atoms with Gasteiger partial charge < -0.3 is 15.7 Å². The van der Waals surface area contributed by atoms with Crippen molar-refractivity contribution >= 4 is 35.2 Å². The van der Waals surface area contributed by atoms with Gasteiger partial charge in [0.1, 0.15) is 0 Å². The molecule has 5 nitrogen and oxygen atoms in total. The Bertz CT molecular complexity index is 720. The van der Waals surface area contributed by atoms with E-state index >= 15 is 0 Å². The molecule has 0 aliphatic carbocycles. The minimum absolute atomic E-state index is 0.0359. The van der Waals surface area contributed by atoms with Gasteiger partial charge in [0.15, 0.2) is 0 Å². The summed E-state index contributed by atoms with van der Waals surface area (Å²) in [7, 11) is 0. The van der Waals surface area contributed by atoms with E-state index in [2.05, 4.69) is 10.6 Å². The molecule has 0 aliphatic rings. The van der Waals surface area contributed by atoms with Crippen LogP contribution >= 0.6 is 23.4 Å². The number of nitrogens with one attached hydrogen (secondary N) is 2. The van der Waals surface area contributed by atoms with E-state index in [0.29, 0.717) is 10.6 Å². The molecule has 0 aromatic heterocycles. The van der Waals surface area contributed by atoms with Gasteiger partial charge in [-0.05, 0) is 41.6 Å². The summed E-state index contributed by atoms with van der Waals surface area (Å²) in [5.41, 5.74) is 1.51. The van der Waals surface area contributed by atoms with Crippen LogP contribution in [0.25, 0.3) is 0 Å². The van der Waals surface area contributed by atoms with Gasteiger partial charge in [-0.15, -0.1) is 11.8 Å². The number of aliphatic hydroxyl groups excluding tert-OH is 1. The standard InChI is InChI=1S/C18H19ClN2O3S/c1-25-15-8-4-13(5-9-15)16(22)11-21-18(24)17(23)20-10-12-2-6-14(19)7-3-12/h2-9,16,22H,10-11H2,1H3,(H,20,23)(H,21,24). The Balaban J connectivity index is 1.78. The molecule has 0 saturated heterocycles. The summed E-state index contributed by atoms with van der Waals surface area (Å²) in [6.07, 6.45) is 1.10. The molecule has 2 aromatic carbocycles. The maximum absolute atomic E-state index is 11.8. The SMILES string of the molecule is CSc1ccc(C(O)CNC(=O)C(=O)NCc2ccc(Cl)cc2)cc1. The summed E-state index contributed by atoms with van der Waals surface area (Å²) in [5, 5.41) is 15.6. The van der Waals surface area contributed by atoms with Crippen molar-refractivity contribution in [3.05, 3.63) is 64.7 Å². The second-order valence-corrected chi connectivity index (χ2v) is 6.62. The number of hydrogen-bond donors (Lipinski definition) is 3. The largest absolute Gasteiger partial charge is 0.387 e. The van der Waals surface area contributed by atoms with E-state index in [-0.39, 0.29) is 13.1 Å². The van der Waals surface area contributed by atoms with E-state index in [1.165, 1.54) is 0 Å². The minimum Gasteiger partial charge on any atom is -0.387 e. The number of hydrogen-bond acceptors (Lipinski definition) is 4. The summed E-state index contributed by atoms with van der Waals surface area (Å²) in [5.74, 6) is -1.53. The van der Waals surface area contributed by atoms with Crippen molar-refractivity contribution in [2.75, 3.05) is 12.8 Å². The molecule has 1 atom stereocenters. The minimum atomic E-state index is -0.871. The van der Waals surface area contributed by atoms with Crippen molar-refractivity contribution in [3.63, 3.8) is 0 Å². The van der Waals surface area contributed by atoms with Gasteiger partial charge in [-0.25, -0.2) is 0 Å². The molecule has 0 bridgehead atoms. The summed E-state index contributed by atoms with van der Waals surface area (Å²) < 4.78 is 0. The number of carbonyl (C=O) groups excluding carboxylic acids is 2. The molecular formula is C18H19ClN2O3S. The molecule has 0 saturated carbocycles. The fraction of sp³-hybridized carbons (Fsp3) is 0.222. The zero-order valence-electron chi connectivity index (χ0n) is 13.7. The number of halogens is 1. The number of amides is 2. The van der Waals surface area contributed by atoms with Gasteiger partial charge in [0.05, 0.1) is 6.10 Å². The van der Waals surface area contributed by atoms with Gasteiger partial charge >= 0.3 is 11.8 Å². The molecule has 0 heterocycles. The third-order valence-corrected chi connectivity index (χ3v) is 4.52. The van der Waals surface area contributed by atoms with Crippen molar-refractivity contribution in [2.45, 2.75) is 17.5 Å². The smallest absolute Gasteiger partial charge is 0.309 e. The van der Waals surface area contributed by atoms with Crippen LogP contribution in [0.1, 0.15) is 17.2 Å². The number of benzene rings is 2. The second kappa shape index (κ2) is 9.46. The monoisotopic (exact) mass is 378 g/mol. The predicted molar refractivity (Wildman–Crippen MR) is 99.5 cm³/mol. The highest BCUT2D eigenvalue weighted by Crippen LogP contribution is 2.18. The van der Waals surface area contributed by atoms with Gasteiger partial charge in [0.2, 0.25) is 0 Å². The molecule has 0 fully saturated rings. The van der Waals surface area contributed by atoms with Crippen LogP contribution in [-0.4, -0.2) is 29.7 Å². The Labute approximate surface area is 155 Å². The lowest BCUT2D eigenvalue weighted by Crippen LogP contribution is -2.41. The molecule has 132 valence electrons. The average Bonchev–Trinajstić information content (AvgIpc) is 2.65. The lowest BCUT2D eigenvalue weighted by atomic mass is 10.1. The molecule has 0 radical (unpaired) electrons. The van der Waals surface area contributed by atoms with E-state index in [4.69, 9.17) is 11.6 Å². The number of thioether (sulfide) groups is 1. The molecular weight excluding hydrogens is 360 g/mol. The van der Waals surface area contributed by atoms with Crippen LogP contribution in [0.5, 0.6) is 0 Å². The first kappa shape index (κ1) is 19.3. The topological polar surface area (TPSA) is 78.4 Å². The summed E-state index contributed by atoms with van der Waals surface area (Å²) in [4.78, 5) is 24.7. The van der Waals surface area contributed by atoms with Crippen LogP contribution in [0.2, 0.25) is 5.02 Å². The molecule has 3 N–H and O–H groups in total. The first-order valence-corrected chi connectivity index (χ1v) is 9.22. The van der Waals surface area contributed by atoms with Gasteiger partial charge in [-0.1, -0.05) is 35.9 Å². The van der Waals surface area contributed by atoms with Crippen LogP contribution in [0.15, 0.2) is 53.4 Å². The van der Waals surface area contributed by atoms with Crippen molar-refractivity contribution in [2.24, 2.45) is 0 Å². The zero-order valence-corrected chi connectivity index (χ0v) is 15.2. The third-order valence-electron chi connectivity index (χ3n) is 3.53. The quantitative estimate of drug-likeness (QED) is 0.533. The Hall–Kier alpha value is -2.02. The van der Waals surface area contributed by atoms with Crippen molar-refractivity contribution in [1.29, 1.82) is 0 Å². The van der Waals surface area contributed by atoms with E-state index in [1.54, 1.807) is 48.2 Å². The lowest BCUT2D eigenvalue weighted by molar-refractivity contribution is -0.139. The molecule has 7 heteroatoms. The van der Waals surface area contributed by atoms with Crippen molar-refractivity contribution in [1.82, 2.24) is 10.6 Å². The summed E-state index contributed by atoms with van der Waals surface area (Å²) >= 11 is 7.39. The summed E-state index contributed by atoms with van der Waals surface area (Å²) in [6.45, 7) is 0.188. The first-order valence-electron chi connectivity index (χ1n) is 7.62. The molecule has 0 spiro atoms. The van der Waals surface area contributed by atoms with Crippen LogP contribution in [0, 0.1) is 0 Å². The van der Waals surface area contributed by atoms with Crippen LogP contribution in [-0.2, 0) is 16.1 Å². The molecule has 0 aliphatic heterocycles. The lowest BCUT2D eigenvalue weighted by Gasteiger charge is -2.12. The highest BCUT2D eigenvalue weighted by molar-refractivity contribution is 7.98. The maximum atomic E-state index is 11.8. The fourth-order valence-corrected chi connectivity index (χ4v) is 2.61. The third kappa shape index (κ3) is 6.08. The predicted octanol–water partition coefficient (Wildman–Crippen LogP) is 2.53. The van der Waals surface area contributed by atoms with E-state index in [9.17, 15) is 14.7 Å². The molecule has 2 aromatic rings. The van der Waals surface area contributed by atoms with E-state index < -0.39 is 17.9 Å². The zero-order chi connectivity index (χ0) is 18.2.